The Kier molecular flexibility index (Phi) is 4.98. The van der Waals surface area contributed by atoms with E-state index in [0.29, 0.717) is 22.6 Å². The van der Waals surface area contributed by atoms with Crippen LogP contribution in [-0.2, 0) is 4.79 Å². The number of nitrogens with one attached hydrogen (secondary N) is 3. The fraction of sp³-hybridized carbons (Fsp3) is 0.105. The van der Waals surface area contributed by atoms with E-state index in [1.807, 2.05) is 24.3 Å². The molecule has 3 rings (SSSR count). The highest BCUT2D eigenvalue weighted by molar-refractivity contribution is 6.08. The molecule has 7 nitrogen and oxygen atoms in total. The van der Waals surface area contributed by atoms with E-state index < -0.39 is 0 Å². The van der Waals surface area contributed by atoms with Crippen LogP contribution in [-0.4, -0.2) is 29.1 Å². The summed E-state index contributed by atoms with van der Waals surface area (Å²) in [4.78, 5) is 23.6. The average Bonchev–Trinajstić information content (AvgIpc) is 3.13. The molecule has 1 aromatic heterocycles. The Morgan fingerprint density at radius 3 is 2.15 bits per heavy atom. The second-order valence-corrected chi connectivity index (χ2v) is 5.60. The Labute approximate surface area is 150 Å². The average molecular weight is 350 g/mol. The molecule has 0 aliphatic carbocycles. The number of amides is 2. The van der Waals surface area contributed by atoms with E-state index in [1.54, 1.807) is 31.4 Å². The summed E-state index contributed by atoms with van der Waals surface area (Å²) >= 11 is 0. The van der Waals surface area contributed by atoms with Crippen LogP contribution in [0.4, 0.5) is 11.4 Å². The lowest BCUT2D eigenvalue weighted by molar-refractivity contribution is -0.114. The molecule has 0 saturated carbocycles. The minimum absolute atomic E-state index is 0.149. The number of anilines is 2. The van der Waals surface area contributed by atoms with Gasteiger partial charge in [-0.1, -0.05) is 0 Å². The summed E-state index contributed by atoms with van der Waals surface area (Å²) in [6.45, 7) is 1.44. The number of hydrogen-bond donors (Lipinski definition) is 3. The highest BCUT2D eigenvalue weighted by Crippen LogP contribution is 2.24. The molecule has 2 amide bonds. The van der Waals surface area contributed by atoms with Gasteiger partial charge in [-0.3, -0.25) is 14.7 Å². The first-order valence-electron chi connectivity index (χ1n) is 7.93. The minimum atomic E-state index is -0.281. The number of aromatic nitrogens is 2. The lowest BCUT2D eigenvalue weighted by atomic mass is 10.1. The Morgan fingerprint density at radius 1 is 0.962 bits per heavy atom. The van der Waals surface area contributed by atoms with Gasteiger partial charge in [-0.05, 0) is 48.5 Å². The molecule has 0 aliphatic rings. The first-order valence-corrected chi connectivity index (χ1v) is 7.93. The number of nitrogens with zero attached hydrogens (tertiary/aromatic N) is 1. The Balaban J connectivity index is 1.76. The number of hydrogen-bond acceptors (Lipinski definition) is 4. The molecule has 0 radical (unpaired) electrons. The zero-order chi connectivity index (χ0) is 18.5. The quantitative estimate of drug-likeness (QED) is 0.658. The molecule has 3 aromatic rings. The van der Waals surface area contributed by atoms with Gasteiger partial charge in [0, 0.05) is 23.9 Å². The van der Waals surface area contributed by atoms with E-state index in [-0.39, 0.29) is 11.8 Å². The first-order chi connectivity index (χ1) is 12.6. The van der Waals surface area contributed by atoms with Crippen molar-refractivity contribution in [2.45, 2.75) is 6.92 Å². The van der Waals surface area contributed by atoms with E-state index in [4.69, 9.17) is 4.74 Å². The SMILES string of the molecule is COc1ccc(-c2[nH]ncc2C(=O)Nc2ccc(NC(C)=O)cc2)cc1. The fourth-order valence-electron chi connectivity index (χ4n) is 2.47. The second kappa shape index (κ2) is 7.52. The molecule has 26 heavy (non-hydrogen) atoms. The summed E-state index contributed by atoms with van der Waals surface area (Å²) in [6.07, 6.45) is 1.49. The van der Waals surface area contributed by atoms with E-state index in [0.717, 1.165) is 11.3 Å². The Bertz CT molecular complexity index is 915. The van der Waals surface area contributed by atoms with Gasteiger partial charge in [-0.15, -0.1) is 0 Å². The van der Waals surface area contributed by atoms with E-state index in [1.165, 1.54) is 13.1 Å². The number of H-pyrrole nitrogens is 1. The van der Waals surface area contributed by atoms with Crippen LogP contribution in [0.1, 0.15) is 17.3 Å². The number of benzene rings is 2. The van der Waals surface area contributed by atoms with Gasteiger partial charge in [0.15, 0.2) is 0 Å². The molecule has 0 bridgehead atoms. The van der Waals surface area contributed by atoms with Crippen molar-refractivity contribution in [2.75, 3.05) is 17.7 Å². The third-order valence-electron chi connectivity index (χ3n) is 3.73. The molecule has 1 heterocycles. The van der Waals surface area contributed by atoms with Crippen LogP contribution in [0.2, 0.25) is 0 Å². The molecule has 2 aromatic carbocycles. The zero-order valence-electron chi connectivity index (χ0n) is 14.4. The molecule has 0 unspecified atom stereocenters. The van der Waals surface area contributed by atoms with Crippen LogP contribution >= 0.6 is 0 Å². The normalized spacial score (nSPS) is 10.2. The van der Waals surface area contributed by atoms with E-state index in [9.17, 15) is 9.59 Å². The van der Waals surface area contributed by atoms with Gasteiger partial charge in [0.25, 0.3) is 5.91 Å². The molecule has 0 saturated heterocycles. The molecule has 3 N–H and O–H groups in total. The fourth-order valence-corrected chi connectivity index (χ4v) is 2.47. The molecule has 0 aliphatic heterocycles. The van der Waals surface area contributed by atoms with Crippen LogP contribution in [0.25, 0.3) is 11.3 Å². The van der Waals surface area contributed by atoms with Gasteiger partial charge in [0.05, 0.1) is 24.6 Å². The van der Waals surface area contributed by atoms with Crippen LogP contribution < -0.4 is 15.4 Å². The van der Waals surface area contributed by atoms with Gasteiger partial charge in [-0.2, -0.15) is 5.10 Å². The van der Waals surface area contributed by atoms with Crippen molar-refractivity contribution in [1.82, 2.24) is 10.2 Å². The van der Waals surface area contributed by atoms with Crippen LogP contribution in [0.3, 0.4) is 0 Å². The van der Waals surface area contributed by atoms with Gasteiger partial charge in [0.2, 0.25) is 5.91 Å². The van der Waals surface area contributed by atoms with E-state index >= 15 is 0 Å². The summed E-state index contributed by atoms with van der Waals surface area (Å²) in [6, 6.07) is 14.2. The smallest absolute Gasteiger partial charge is 0.259 e. The maximum atomic E-state index is 12.6. The largest absolute Gasteiger partial charge is 0.497 e. The van der Waals surface area contributed by atoms with Crippen LogP contribution in [0.5, 0.6) is 5.75 Å². The zero-order valence-corrected chi connectivity index (χ0v) is 14.4. The molecule has 0 fully saturated rings. The van der Waals surface area contributed by atoms with Crippen molar-refractivity contribution in [3.8, 4) is 17.0 Å². The lowest BCUT2D eigenvalue weighted by Crippen LogP contribution is -2.12. The number of carbonyl (C=O) groups excluding carboxylic acids is 2. The summed E-state index contributed by atoms with van der Waals surface area (Å²) in [7, 11) is 1.60. The molecule has 0 atom stereocenters. The van der Waals surface area contributed by atoms with Crippen LogP contribution in [0.15, 0.2) is 54.7 Å². The predicted molar refractivity (Wildman–Crippen MR) is 99.3 cm³/mol. The molecular weight excluding hydrogens is 332 g/mol. The third kappa shape index (κ3) is 3.89. The monoisotopic (exact) mass is 350 g/mol. The Hall–Kier alpha value is -3.61. The summed E-state index contributed by atoms with van der Waals surface area (Å²) in [5.41, 5.74) is 3.17. The van der Waals surface area contributed by atoms with Crippen molar-refractivity contribution >= 4 is 23.2 Å². The van der Waals surface area contributed by atoms with Crippen molar-refractivity contribution in [3.05, 3.63) is 60.3 Å². The third-order valence-corrected chi connectivity index (χ3v) is 3.73. The molecular formula is C19H18N4O3. The topological polar surface area (TPSA) is 96.1 Å². The molecule has 7 heteroatoms. The maximum Gasteiger partial charge on any atom is 0.259 e. The number of ether oxygens (including phenoxy) is 1. The van der Waals surface area contributed by atoms with Crippen molar-refractivity contribution in [2.24, 2.45) is 0 Å². The highest BCUT2D eigenvalue weighted by atomic mass is 16.5. The van der Waals surface area contributed by atoms with Crippen molar-refractivity contribution < 1.29 is 14.3 Å². The first kappa shape index (κ1) is 17.2. The van der Waals surface area contributed by atoms with Gasteiger partial charge >= 0.3 is 0 Å². The number of carbonyl (C=O) groups is 2. The van der Waals surface area contributed by atoms with Crippen molar-refractivity contribution in [3.63, 3.8) is 0 Å². The van der Waals surface area contributed by atoms with Gasteiger partial charge in [0.1, 0.15) is 5.75 Å². The second-order valence-electron chi connectivity index (χ2n) is 5.60. The summed E-state index contributed by atoms with van der Waals surface area (Å²) < 4.78 is 5.15. The van der Waals surface area contributed by atoms with E-state index in [2.05, 4.69) is 20.8 Å². The van der Waals surface area contributed by atoms with Gasteiger partial charge in [-0.25, -0.2) is 0 Å². The summed E-state index contributed by atoms with van der Waals surface area (Å²) in [5.74, 6) is 0.305. The molecule has 132 valence electrons. The number of rotatable bonds is 5. The van der Waals surface area contributed by atoms with Crippen molar-refractivity contribution in [1.29, 1.82) is 0 Å². The molecule has 0 spiro atoms. The lowest BCUT2D eigenvalue weighted by Gasteiger charge is -2.08. The number of methoxy groups -OCH3 is 1. The standard InChI is InChI=1S/C19H18N4O3/c1-12(24)21-14-5-7-15(8-6-14)22-19(25)17-11-20-23-18(17)13-3-9-16(26-2)10-4-13/h3-11H,1-2H3,(H,20,23)(H,21,24)(H,22,25). The van der Waals surface area contributed by atoms with Gasteiger partial charge < -0.3 is 15.4 Å². The number of aromatic amines is 1. The van der Waals surface area contributed by atoms with Crippen LogP contribution in [0, 0.1) is 0 Å². The predicted octanol–water partition coefficient (Wildman–Crippen LogP) is 3.30. The summed E-state index contributed by atoms with van der Waals surface area (Å²) in [5, 5.41) is 12.3. The minimum Gasteiger partial charge on any atom is -0.497 e. The maximum absolute atomic E-state index is 12.6. The highest BCUT2D eigenvalue weighted by Gasteiger charge is 2.15. The Morgan fingerprint density at radius 2 is 1.58 bits per heavy atom.